The second-order valence-corrected chi connectivity index (χ2v) is 5.59. The number of aromatic nitrogens is 4. The van der Waals surface area contributed by atoms with E-state index in [9.17, 15) is 0 Å². The van der Waals surface area contributed by atoms with Gasteiger partial charge in [0.25, 0.3) is 0 Å². The minimum atomic E-state index is 0.500. The first kappa shape index (κ1) is 12.0. The van der Waals surface area contributed by atoms with Crippen LogP contribution in [0.4, 0.5) is 5.82 Å². The molecule has 0 fully saturated rings. The van der Waals surface area contributed by atoms with Crippen LogP contribution in [0.25, 0.3) is 26.6 Å². The van der Waals surface area contributed by atoms with Crippen molar-refractivity contribution in [3.63, 3.8) is 0 Å². The Morgan fingerprint density at radius 1 is 0.952 bits per heavy atom. The van der Waals surface area contributed by atoms with Crippen molar-refractivity contribution >= 4 is 27.4 Å². The zero-order valence-corrected chi connectivity index (χ0v) is 11.8. The number of thiazole rings is 1. The van der Waals surface area contributed by atoms with Crippen LogP contribution in [0.2, 0.25) is 0 Å². The Bertz CT molecular complexity index is 877. The van der Waals surface area contributed by atoms with Gasteiger partial charge in [0.05, 0.1) is 15.9 Å². The third kappa shape index (κ3) is 1.96. The van der Waals surface area contributed by atoms with Gasteiger partial charge in [0.15, 0.2) is 11.5 Å². The molecule has 6 heteroatoms. The molecule has 0 amide bonds. The molecule has 2 aromatic heterocycles. The number of benzene rings is 2. The van der Waals surface area contributed by atoms with Gasteiger partial charge >= 0.3 is 0 Å². The number of anilines is 1. The third-order valence-corrected chi connectivity index (χ3v) is 4.25. The summed E-state index contributed by atoms with van der Waals surface area (Å²) in [7, 11) is 0. The lowest BCUT2D eigenvalue weighted by atomic mass is 10.3. The van der Waals surface area contributed by atoms with Crippen LogP contribution in [0.3, 0.4) is 0 Å². The van der Waals surface area contributed by atoms with Crippen LogP contribution < -0.4 is 5.73 Å². The summed E-state index contributed by atoms with van der Waals surface area (Å²) in [6, 6.07) is 17.7. The van der Waals surface area contributed by atoms with E-state index in [-0.39, 0.29) is 0 Å². The Morgan fingerprint density at radius 2 is 1.71 bits per heavy atom. The SMILES string of the molecule is Nc1c(-c2nc3ccccc3s2)nnn1-c1ccccc1. The molecular formula is C15H11N5S. The summed E-state index contributed by atoms with van der Waals surface area (Å²) in [6.07, 6.45) is 0. The fraction of sp³-hybridized carbons (Fsp3) is 0. The molecule has 2 heterocycles. The molecule has 2 N–H and O–H groups in total. The molecule has 5 nitrogen and oxygen atoms in total. The van der Waals surface area contributed by atoms with E-state index in [4.69, 9.17) is 5.73 Å². The zero-order valence-electron chi connectivity index (χ0n) is 11.0. The van der Waals surface area contributed by atoms with Crippen LogP contribution in [0.5, 0.6) is 0 Å². The summed E-state index contributed by atoms with van der Waals surface area (Å²) in [5.41, 5.74) is 8.65. The molecule has 0 aliphatic carbocycles. The highest BCUT2D eigenvalue weighted by Crippen LogP contribution is 2.32. The first-order valence-corrected chi connectivity index (χ1v) is 7.27. The molecule has 21 heavy (non-hydrogen) atoms. The largest absolute Gasteiger partial charge is 0.382 e. The van der Waals surface area contributed by atoms with Crippen molar-refractivity contribution in [2.45, 2.75) is 0 Å². The Balaban J connectivity index is 1.85. The van der Waals surface area contributed by atoms with Gasteiger partial charge in [-0.25, -0.2) is 4.98 Å². The smallest absolute Gasteiger partial charge is 0.165 e. The standard InChI is InChI=1S/C15H11N5S/c16-14-13(15-17-11-8-4-5-9-12(11)21-15)18-19-20(14)10-6-2-1-3-7-10/h1-9H,16H2. The van der Waals surface area contributed by atoms with E-state index in [1.54, 1.807) is 16.0 Å². The van der Waals surface area contributed by atoms with Crippen LogP contribution in [-0.2, 0) is 0 Å². The van der Waals surface area contributed by atoms with E-state index < -0.39 is 0 Å². The van der Waals surface area contributed by atoms with Crippen molar-refractivity contribution < 1.29 is 0 Å². The van der Waals surface area contributed by atoms with Crippen LogP contribution in [-0.4, -0.2) is 20.0 Å². The highest BCUT2D eigenvalue weighted by molar-refractivity contribution is 7.21. The number of fused-ring (bicyclic) bond motifs is 1. The van der Waals surface area contributed by atoms with Crippen molar-refractivity contribution in [3.8, 4) is 16.4 Å². The number of nitrogens with zero attached hydrogens (tertiary/aromatic N) is 4. The number of nitrogen functional groups attached to an aromatic ring is 1. The lowest BCUT2D eigenvalue weighted by Gasteiger charge is -2.01. The quantitative estimate of drug-likeness (QED) is 0.616. The van der Waals surface area contributed by atoms with Crippen LogP contribution in [0.15, 0.2) is 54.6 Å². The molecule has 0 saturated heterocycles. The van der Waals surface area contributed by atoms with Crippen molar-refractivity contribution in [1.29, 1.82) is 0 Å². The molecular weight excluding hydrogens is 282 g/mol. The van der Waals surface area contributed by atoms with E-state index in [1.165, 1.54) is 0 Å². The fourth-order valence-corrected chi connectivity index (χ4v) is 3.13. The maximum atomic E-state index is 6.19. The summed E-state index contributed by atoms with van der Waals surface area (Å²) < 4.78 is 2.74. The third-order valence-electron chi connectivity index (χ3n) is 3.20. The Kier molecular flexibility index (Phi) is 2.68. The number of nitrogens with two attached hydrogens (primary N) is 1. The Labute approximate surface area is 124 Å². The predicted octanol–water partition coefficient (Wildman–Crippen LogP) is 3.13. The van der Waals surface area contributed by atoms with E-state index in [0.29, 0.717) is 11.5 Å². The minimum absolute atomic E-state index is 0.500. The monoisotopic (exact) mass is 293 g/mol. The van der Waals surface area contributed by atoms with E-state index >= 15 is 0 Å². The van der Waals surface area contributed by atoms with Crippen molar-refractivity contribution in [2.24, 2.45) is 0 Å². The number of para-hydroxylation sites is 2. The fourth-order valence-electron chi connectivity index (χ4n) is 2.17. The lowest BCUT2D eigenvalue weighted by Crippen LogP contribution is -2.01. The molecule has 0 bridgehead atoms. The Morgan fingerprint density at radius 3 is 2.52 bits per heavy atom. The first-order valence-electron chi connectivity index (χ1n) is 6.45. The van der Waals surface area contributed by atoms with Gasteiger partial charge in [-0.2, -0.15) is 4.68 Å². The van der Waals surface area contributed by atoms with Gasteiger partial charge < -0.3 is 5.73 Å². The molecule has 0 aliphatic rings. The highest BCUT2D eigenvalue weighted by Gasteiger charge is 2.16. The summed E-state index contributed by atoms with van der Waals surface area (Å²) in [4.78, 5) is 4.57. The minimum Gasteiger partial charge on any atom is -0.382 e. The van der Waals surface area contributed by atoms with Gasteiger partial charge in [-0.15, -0.1) is 16.4 Å². The zero-order chi connectivity index (χ0) is 14.2. The molecule has 0 aliphatic heterocycles. The van der Waals surface area contributed by atoms with E-state index in [0.717, 1.165) is 20.9 Å². The van der Waals surface area contributed by atoms with Gasteiger partial charge in [0.2, 0.25) is 0 Å². The summed E-state index contributed by atoms with van der Waals surface area (Å²) >= 11 is 1.57. The van der Waals surface area contributed by atoms with Gasteiger partial charge in [-0.1, -0.05) is 35.5 Å². The highest BCUT2D eigenvalue weighted by atomic mass is 32.1. The number of rotatable bonds is 2. The summed E-state index contributed by atoms with van der Waals surface area (Å²) in [5, 5.41) is 9.12. The molecule has 0 radical (unpaired) electrons. The van der Waals surface area contributed by atoms with Crippen LogP contribution in [0.1, 0.15) is 0 Å². The summed E-state index contributed by atoms with van der Waals surface area (Å²) in [5.74, 6) is 0.500. The van der Waals surface area contributed by atoms with Crippen LogP contribution in [0, 0.1) is 0 Å². The lowest BCUT2D eigenvalue weighted by molar-refractivity contribution is 0.810. The second-order valence-electron chi connectivity index (χ2n) is 4.56. The molecule has 4 aromatic rings. The average Bonchev–Trinajstić information content (AvgIpc) is 3.11. The summed E-state index contributed by atoms with van der Waals surface area (Å²) in [6.45, 7) is 0. The molecule has 4 rings (SSSR count). The molecule has 0 saturated carbocycles. The average molecular weight is 293 g/mol. The number of hydrogen-bond donors (Lipinski definition) is 1. The van der Waals surface area contributed by atoms with Gasteiger partial charge in [-0.05, 0) is 24.3 Å². The number of hydrogen-bond acceptors (Lipinski definition) is 5. The molecule has 0 spiro atoms. The Hall–Kier alpha value is -2.73. The van der Waals surface area contributed by atoms with E-state index in [2.05, 4.69) is 15.3 Å². The van der Waals surface area contributed by atoms with Gasteiger partial charge in [0, 0.05) is 0 Å². The van der Waals surface area contributed by atoms with Crippen molar-refractivity contribution in [2.75, 3.05) is 5.73 Å². The van der Waals surface area contributed by atoms with Gasteiger partial charge in [-0.3, -0.25) is 0 Å². The molecule has 2 aromatic carbocycles. The maximum absolute atomic E-state index is 6.19. The maximum Gasteiger partial charge on any atom is 0.165 e. The first-order chi connectivity index (χ1) is 10.3. The van der Waals surface area contributed by atoms with E-state index in [1.807, 2.05) is 54.6 Å². The topological polar surface area (TPSA) is 69.6 Å². The van der Waals surface area contributed by atoms with Crippen molar-refractivity contribution in [1.82, 2.24) is 20.0 Å². The second kappa shape index (κ2) is 4.68. The molecule has 0 atom stereocenters. The molecule has 102 valence electrons. The predicted molar refractivity (Wildman–Crippen MR) is 84.4 cm³/mol. The van der Waals surface area contributed by atoms with Gasteiger partial charge in [0.1, 0.15) is 5.01 Å². The normalized spacial score (nSPS) is 11.0. The molecule has 0 unspecified atom stereocenters. The van der Waals surface area contributed by atoms with Crippen molar-refractivity contribution in [3.05, 3.63) is 54.6 Å². The van der Waals surface area contributed by atoms with Crippen LogP contribution >= 0.6 is 11.3 Å².